The number of esters is 1. The molecule has 4 heterocycles. The maximum absolute atomic E-state index is 13.7. The number of carboxylic acid groups (broad SMARTS) is 1. The van der Waals surface area contributed by atoms with E-state index in [2.05, 4.69) is 6.92 Å². The van der Waals surface area contributed by atoms with E-state index >= 15 is 0 Å². The van der Waals surface area contributed by atoms with E-state index in [0.29, 0.717) is 17.9 Å². The second-order valence-corrected chi connectivity index (χ2v) is 17.4. The van der Waals surface area contributed by atoms with Gasteiger partial charge in [-0.25, -0.2) is 9.78 Å². The van der Waals surface area contributed by atoms with Crippen LogP contribution in [0, 0.1) is 35.5 Å². The Morgan fingerprint density at radius 2 is 1.69 bits per heavy atom. The number of fused-ring (bicyclic) bond motifs is 5. The molecule has 2 saturated carbocycles. The summed E-state index contributed by atoms with van der Waals surface area (Å²) >= 11 is 0. The van der Waals surface area contributed by atoms with E-state index in [9.17, 15) is 49.5 Å². The number of likely N-dealkylation sites (N-methyl/N-ethyl adjacent to an activating group) is 1. The fourth-order valence-electron chi connectivity index (χ4n) is 11.0. The quantitative estimate of drug-likeness (QED) is 0.123. The number of aromatic hydroxyl groups is 1. The van der Waals surface area contributed by atoms with Crippen LogP contribution in [0.3, 0.4) is 0 Å². The van der Waals surface area contributed by atoms with E-state index in [4.69, 9.17) is 34.8 Å². The van der Waals surface area contributed by atoms with Gasteiger partial charge in [0.15, 0.2) is 23.3 Å². The summed E-state index contributed by atoms with van der Waals surface area (Å²) in [5.74, 6) is -10.7. The molecule has 4 aliphatic heterocycles. The van der Waals surface area contributed by atoms with E-state index in [1.165, 1.54) is 25.1 Å². The lowest BCUT2D eigenvalue weighted by Crippen LogP contribution is -2.70. The van der Waals surface area contributed by atoms with Gasteiger partial charge in [0.25, 0.3) is 5.91 Å². The molecule has 8 N–H and O–H groups in total. The van der Waals surface area contributed by atoms with Crippen molar-refractivity contribution in [1.82, 2.24) is 4.90 Å². The Kier molecular flexibility index (Phi) is 10.8. The van der Waals surface area contributed by atoms with Gasteiger partial charge in [-0.2, -0.15) is 0 Å². The second-order valence-electron chi connectivity index (χ2n) is 17.4. The maximum atomic E-state index is 13.7. The zero-order valence-electron chi connectivity index (χ0n) is 33.6. The molecular weight excluding hydrogens is 776 g/mol. The molecule has 14 atom stereocenters. The van der Waals surface area contributed by atoms with Crippen LogP contribution < -0.4 is 5.73 Å². The molecule has 1 aromatic carbocycles. The minimum atomic E-state index is -2.89. The van der Waals surface area contributed by atoms with Crippen LogP contribution in [0.4, 0.5) is 0 Å². The smallest absolute Gasteiger partial charge is 0.308 e. The fraction of sp³-hybridized carbons (Fsp3) is 0.634. The highest BCUT2D eigenvalue weighted by Crippen LogP contribution is 2.61. The first-order valence-corrected chi connectivity index (χ1v) is 19.9. The number of aliphatic hydroxyl groups is 4. The number of ketones is 2. The molecule has 18 heteroatoms. The predicted octanol–water partition coefficient (Wildman–Crippen LogP) is 2.10. The summed E-state index contributed by atoms with van der Waals surface area (Å²) in [7, 11) is 2.92. The molecular formula is C41H52N2O16. The van der Waals surface area contributed by atoms with E-state index in [1.807, 2.05) is 13.8 Å². The number of carbonyl (C=O) groups is 5. The van der Waals surface area contributed by atoms with Gasteiger partial charge in [-0.05, 0) is 69.7 Å². The summed E-state index contributed by atoms with van der Waals surface area (Å²) in [6, 6.07) is 3.13. The molecule has 18 nitrogen and oxygen atoms in total. The lowest BCUT2D eigenvalue weighted by molar-refractivity contribution is -0.576. The molecule has 0 radical (unpaired) electrons. The Hall–Kier alpha value is -4.43. The van der Waals surface area contributed by atoms with E-state index < -0.39 is 112 Å². The first-order chi connectivity index (χ1) is 27.6. The number of nitrogens with two attached hydrogens (primary N) is 1. The van der Waals surface area contributed by atoms with Crippen LogP contribution in [0.1, 0.15) is 83.3 Å². The van der Waals surface area contributed by atoms with Crippen LogP contribution in [0.15, 0.2) is 35.1 Å². The van der Waals surface area contributed by atoms with Gasteiger partial charge in [-0.15, -0.1) is 0 Å². The third-order valence-corrected chi connectivity index (χ3v) is 13.9. The fourth-order valence-corrected chi connectivity index (χ4v) is 11.0. The average molecular weight is 829 g/mol. The van der Waals surface area contributed by atoms with E-state index in [1.54, 1.807) is 19.1 Å². The number of nitrogens with zero attached hydrogens (tertiary/aromatic N) is 1. The van der Waals surface area contributed by atoms with Gasteiger partial charge in [0.05, 0.1) is 36.5 Å². The lowest BCUT2D eigenvalue weighted by Gasteiger charge is -2.59. The molecule has 322 valence electrons. The predicted molar refractivity (Wildman–Crippen MR) is 200 cm³/mol. The number of rotatable bonds is 6. The molecule has 4 aliphatic carbocycles. The van der Waals surface area contributed by atoms with Gasteiger partial charge in [0, 0.05) is 29.7 Å². The lowest BCUT2D eigenvalue weighted by atomic mass is 9.54. The Bertz CT molecular complexity index is 2030. The minimum Gasteiger partial charge on any atom is -0.508 e. The van der Waals surface area contributed by atoms with Gasteiger partial charge in [0.2, 0.25) is 17.9 Å². The molecule has 4 saturated heterocycles. The molecule has 1 aromatic rings. The highest BCUT2D eigenvalue weighted by molar-refractivity contribution is 6.24. The number of carbonyl (C=O) groups excluding carboxylic acids is 4. The number of hydrogen-bond donors (Lipinski definition) is 7. The van der Waals surface area contributed by atoms with Crippen LogP contribution >= 0.6 is 0 Å². The van der Waals surface area contributed by atoms with Gasteiger partial charge in [-0.3, -0.25) is 28.9 Å². The van der Waals surface area contributed by atoms with Crippen LogP contribution in [0.5, 0.6) is 5.75 Å². The SMILES string of the molecule is C[C@H]1[C@@H](OC(=O)CCC(=O)O)O[C@@H]2O[C@@]3(C)CC[C@H]4[C@H](C)CC[C@@H]1[C@@]24OO3.C[C@H]1c2cccc(O)c2C(O)=C2C(=O)[C@]3(O)C(O)=C(C(N)=O)C(=O)[C@@H](N(C)C)[C@@H]3[C@@H](O)[C@@H]21. The standard InChI is InChI=1S/C22H24N2O8.C19H28O8/c1-7-8-5-4-6-9(25)11(8)16(26)12-10(7)17(27)14-15(24(2)3)18(28)13(21(23)31)20(30)22(14,32)19(12)29;1-10-4-5-13-11(2)16(23-15(22)7-6-14(20)21)24-17-19(13)12(10)8-9-18(3,25-17)26-27-19/h4-7,10,14-15,17,25-27,30,32H,1-3H3,(H2,23,31);10-13,16-17H,4-9H2,1-3H3,(H,20,21)/t7-,10+,14+,15-,17-,22-;10-,11-,12+,13+,16+,17-,18-,19-/m01/s1. The number of benzene rings is 1. The zero-order valence-corrected chi connectivity index (χ0v) is 33.6. The monoisotopic (exact) mass is 828 g/mol. The molecule has 0 unspecified atom stereocenters. The number of aliphatic carboxylic acids is 1. The van der Waals surface area contributed by atoms with Gasteiger partial charge in [-0.1, -0.05) is 32.9 Å². The first kappa shape index (κ1) is 42.7. The van der Waals surface area contributed by atoms with Gasteiger partial charge in [0.1, 0.15) is 22.8 Å². The van der Waals surface area contributed by atoms with Crippen LogP contribution in [0.2, 0.25) is 0 Å². The Balaban J connectivity index is 0.000000181. The number of Topliss-reactive ketones (excluding diaryl/α,β-unsaturated/α-hetero) is 2. The third kappa shape index (κ3) is 6.37. The van der Waals surface area contributed by atoms with Crippen molar-refractivity contribution in [1.29, 1.82) is 0 Å². The summed E-state index contributed by atoms with van der Waals surface area (Å²) in [6.07, 6.45) is 0.129. The minimum absolute atomic E-state index is 0.0245. The van der Waals surface area contributed by atoms with Crippen molar-refractivity contribution >= 4 is 35.2 Å². The molecule has 9 rings (SSSR count). The van der Waals surface area contributed by atoms with Gasteiger partial charge < -0.3 is 50.6 Å². The van der Waals surface area contributed by atoms with E-state index in [-0.39, 0.29) is 41.9 Å². The summed E-state index contributed by atoms with van der Waals surface area (Å²) in [6.45, 7) is 7.74. The molecule has 1 spiro atoms. The highest BCUT2D eigenvalue weighted by Gasteiger charge is 2.71. The van der Waals surface area contributed by atoms with Crippen molar-refractivity contribution in [2.75, 3.05) is 14.1 Å². The highest BCUT2D eigenvalue weighted by atomic mass is 17.3. The number of ether oxygens (including phenoxy) is 3. The molecule has 8 aliphatic rings. The summed E-state index contributed by atoms with van der Waals surface area (Å²) in [5.41, 5.74) is 0.771. The largest absolute Gasteiger partial charge is 0.508 e. The average Bonchev–Trinajstić information content (AvgIpc) is 3.39. The van der Waals surface area contributed by atoms with Crippen LogP contribution in [-0.2, 0) is 48.0 Å². The Morgan fingerprint density at radius 1 is 1.00 bits per heavy atom. The Morgan fingerprint density at radius 3 is 2.34 bits per heavy atom. The number of aliphatic hydroxyl groups excluding tert-OH is 3. The van der Waals surface area contributed by atoms with Crippen molar-refractivity contribution in [2.45, 2.75) is 114 Å². The number of phenolic OH excluding ortho intramolecular Hbond substituents is 1. The van der Waals surface area contributed by atoms with Gasteiger partial charge >= 0.3 is 11.9 Å². The first-order valence-electron chi connectivity index (χ1n) is 19.9. The van der Waals surface area contributed by atoms with E-state index in [0.717, 1.165) is 19.3 Å². The molecule has 0 aromatic heterocycles. The summed E-state index contributed by atoms with van der Waals surface area (Å²) < 4.78 is 17.8. The number of hydrogen-bond acceptors (Lipinski definition) is 16. The number of phenols is 1. The molecule has 2 bridgehead atoms. The number of amides is 1. The summed E-state index contributed by atoms with van der Waals surface area (Å²) in [4.78, 5) is 74.5. The zero-order chi connectivity index (χ0) is 43.3. The Labute approximate surface area is 339 Å². The topological polar surface area (TPSA) is 282 Å². The van der Waals surface area contributed by atoms with Crippen LogP contribution in [-0.4, -0.2) is 121 Å². The maximum Gasteiger partial charge on any atom is 0.308 e. The normalized spacial score (nSPS) is 40.8. The second kappa shape index (κ2) is 14.9. The molecule has 6 fully saturated rings. The van der Waals surface area contributed by atoms with Crippen molar-refractivity contribution in [3.8, 4) is 5.75 Å². The van der Waals surface area contributed by atoms with Crippen molar-refractivity contribution in [3.05, 3.63) is 46.2 Å². The van der Waals surface area contributed by atoms with Crippen molar-refractivity contribution in [2.24, 2.45) is 41.2 Å². The molecule has 1 amide bonds. The third-order valence-electron chi connectivity index (χ3n) is 13.9. The molecule has 59 heavy (non-hydrogen) atoms. The van der Waals surface area contributed by atoms with Crippen molar-refractivity contribution < 1.29 is 78.6 Å². The number of primary amides is 1. The summed E-state index contributed by atoms with van der Waals surface area (Å²) in [5, 5.41) is 63.6. The number of carboxylic acids is 1. The van der Waals surface area contributed by atoms with Crippen LogP contribution in [0.25, 0.3) is 5.76 Å². The van der Waals surface area contributed by atoms with Crippen molar-refractivity contribution in [3.63, 3.8) is 0 Å².